The van der Waals surface area contributed by atoms with E-state index in [0.717, 1.165) is 37.2 Å². The molecule has 2 saturated carbocycles. The molecule has 0 radical (unpaired) electrons. The normalized spacial score (nSPS) is 39.5. The van der Waals surface area contributed by atoms with Crippen molar-refractivity contribution in [3.63, 3.8) is 0 Å². The lowest BCUT2D eigenvalue weighted by Crippen LogP contribution is -2.53. The highest BCUT2D eigenvalue weighted by Gasteiger charge is 2.63. The van der Waals surface area contributed by atoms with Crippen LogP contribution in [0.2, 0.25) is 0 Å². The SMILES string of the molecule is CCOC(=O)/C(C)=C/CC[C@@H](C)[C@H]1CC[C@@]2(C)C3=C(CC[C@]12C)[C@@]1(C)CCC(=O)C(C)(C)[C@@H]1CC3. The minimum absolute atomic E-state index is 0.177. The summed E-state index contributed by atoms with van der Waals surface area (Å²) in [6, 6.07) is 0. The second kappa shape index (κ2) is 9.18. The molecule has 0 aromatic heterocycles. The number of rotatable bonds is 6. The van der Waals surface area contributed by atoms with Crippen LogP contribution in [0.15, 0.2) is 22.8 Å². The second-order valence-corrected chi connectivity index (χ2v) is 13.7. The molecule has 0 amide bonds. The number of fused-ring (bicyclic) bond motifs is 4. The summed E-state index contributed by atoms with van der Waals surface area (Å²) in [5, 5.41) is 0. The van der Waals surface area contributed by atoms with Crippen LogP contribution < -0.4 is 0 Å². The van der Waals surface area contributed by atoms with Crippen molar-refractivity contribution in [3.05, 3.63) is 22.8 Å². The van der Waals surface area contributed by atoms with Gasteiger partial charge in [-0.3, -0.25) is 4.79 Å². The molecule has 0 unspecified atom stereocenters. The van der Waals surface area contributed by atoms with Crippen molar-refractivity contribution in [1.82, 2.24) is 0 Å². The molecule has 0 N–H and O–H groups in total. The number of ketones is 1. The fourth-order valence-electron chi connectivity index (χ4n) is 9.53. The van der Waals surface area contributed by atoms with Gasteiger partial charge in [-0.15, -0.1) is 0 Å². The van der Waals surface area contributed by atoms with E-state index < -0.39 is 0 Å². The summed E-state index contributed by atoms with van der Waals surface area (Å²) >= 11 is 0. The molecule has 3 nitrogen and oxygen atoms in total. The molecular weight excluding hydrogens is 432 g/mol. The van der Waals surface area contributed by atoms with Gasteiger partial charge in [0, 0.05) is 17.4 Å². The van der Waals surface area contributed by atoms with E-state index >= 15 is 0 Å². The maximum Gasteiger partial charge on any atom is 0.333 e. The molecule has 6 atom stereocenters. The van der Waals surface area contributed by atoms with E-state index in [0.29, 0.717) is 29.6 Å². The maximum absolute atomic E-state index is 12.8. The fraction of sp³-hybridized carbons (Fsp3) is 0.812. The van der Waals surface area contributed by atoms with Gasteiger partial charge in [0.05, 0.1) is 6.61 Å². The summed E-state index contributed by atoms with van der Waals surface area (Å²) in [6.45, 7) is 18.8. The number of ether oxygens (including phenoxy) is 1. The topological polar surface area (TPSA) is 43.4 Å². The molecule has 4 aliphatic carbocycles. The highest BCUT2D eigenvalue weighted by Crippen LogP contribution is 2.72. The van der Waals surface area contributed by atoms with E-state index in [4.69, 9.17) is 4.74 Å². The minimum Gasteiger partial charge on any atom is -0.463 e. The Morgan fingerprint density at radius 1 is 1.03 bits per heavy atom. The summed E-state index contributed by atoms with van der Waals surface area (Å²) in [5.41, 5.74) is 4.94. The largest absolute Gasteiger partial charge is 0.463 e. The van der Waals surface area contributed by atoms with Gasteiger partial charge in [-0.25, -0.2) is 4.79 Å². The molecular formula is C32H50O3. The van der Waals surface area contributed by atoms with Gasteiger partial charge < -0.3 is 4.74 Å². The van der Waals surface area contributed by atoms with Gasteiger partial charge in [0.15, 0.2) is 0 Å². The summed E-state index contributed by atoms with van der Waals surface area (Å²) in [7, 11) is 0. The standard InChI is InChI=1S/C32H50O3/c1-9-35-28(34)22(3)12-10-11-21(2)23-15-19-32(8)25-13-14-26-29(4,5)27(33)17-18-30(26,6)24(25)16-20-31(23,32)7/h12,21,23,26H,9-11,13-20H2,1-8H3/b22-12+/t21-,23-,26+,30-,31-,32+/m1/s1. The minimum atomic E-state index is -0.185. The number of allylic oxidation sites excluding steroid dienone is 3. The van der Waals surface area contributed by atoms with Gasteiger partial charge in [-0.05, 0) is 106 Å². The lowest BCUT2D eigenvalue weighted by molar-refractivity contribution is -0.140. The molecule has 35 heavy (non-hydrogen) atoms. The van der Waals surface area contributed by atoms with Crippen molar-refractivity contribution in [2.45, 2.75) is 120 Å². The van der Waals surface area contributed by atoms with Crippen LogP contribution in [0.5, 0.6) is 0 Å². The Morgan fingerprint density at radius 2 is 1.74 bits per heavy atom. The first-order valence-corrected chi connectivity index (χ1v) is 14.4. The molecule has 0 saturated heterocycles. The summed E-state index contributed by atoms with van der Waals surface area (Å²) in [4.78, 5) is 24.8. The molecule has 0 heterocycles. The van der Waals surface area contributed by atoms with E-state index in [9.17, 15) is 9.59 Å². The zero-order chi connectivity index (χ0) is 25.8. The number of carbonyl (C=O) groups is 2. The Balaban J connectivity index is 1.55. The fourth-order valence-corrected chi connectivity index (χ4v) is 9.53. The molecule has 196 valence electrons. The monoisotopic (exact) mass is 482 g/mol. The summed E-state index contributed by atoms with van der Waals surface area (Å²) in [5.74, 6) is 2.18. The average Bonchev–Trinajstić information content (AvgIpc) is 3.08. The molecule has 4 rings (SSSR count). The smallest absolute Gasteiger partial charge is 0.333 e. The van der Waals surface area contributed by atoms with Gasteiger partial charge in [-0.1, -0.05) is 58.8 Å². The molecule has 0 aliphatic heterocycles. The zero-order valence-electron chi connectivity index (χ0n) is 23.8. The predicted octanol–water partition coefficient (Wildman–Crippen LogP) is 8.23. The van der Waals surface area contributed by atoms with E-state index in [-0.39, 0.29) is 22.2 Å². The molecule has 0 spiro atoms. The summed E-state index contributed by atoms with van der Waals surface area (Å²) in [6.07, 6.45) is 13.5. The molecule has 4 aliphatic rings. The van der Waals surface area contributed by atoms with Gasteiger partial charge in [0.1, 0.15) is 5.78 Å². The predicted molar refractivity (Wildman–Crippen MR) is 143 cm³/mol. The number of hydrogen-bond donors (Lipinski definition) is 0. The van der Waals surface area contributed by atoms with Crippen molar-refractivity contribution in [3.8, 4) is 0 Å². The Bertz CT molecular complexity index is 938. The third-order valence-corrected chi connectivity index (χ3v) is 11.9. The lowest BCUT2D eigenvalue weighted by atomic mass is 9.43. The Morgan fingerprint density at radius 3 is 2.43 bits per heavy atom. The van der Waals surface area contributed by atoms with Crippen LogP contribution in [0.1, 0.15) is 120 Å². The molecule has 3 heteroatoms. The van der Waals surface area contributed by atoms with Crippen LogP contribution in [-0.4, -0.2) is 18.4 Å². The van der Waals surface area contributed by atoms with Crippen LogP contribution in [0.4, 0.5) is 0 Å². The summed E-state index contributed by atoms with van der Waals surface area (Å²) < 4.78 is 5.14. The van der Waals surface area contributed by atoms with E-state index in [1.165, 1.54) is 38.5 Å². The van der Waals surface area contributed by atoms with E-state index in [2.05, 4.69) is 47.6 Å². The molecule has 0 aromatic carbocycles. The van der Waals surface area contributed by atoms with Crippen LogP contribution in [0, 0.1) is 39.4 Å². The maximum atomic E-state index is 12.8. The van der Waals surface area contributed by atoms with Crippen LogP contribution in [0.25, 0.3) is 0 Å². The number of Topliss-reactive ketones (excluding diaryl/α,β-unsaturated/α-hetero) is 1. The first-order chi connectivity index (χ1) is 16.3. The van der Waals surface area contributed by atoms with Crippen molar-refractivity contribution >= 4 is 11.8 Å². The van der Waals surface area contributed by atoms with Crippen LogP contribution >= 0.6 is 0 Å². The Kier molecular flexibility index (Phi) is 6.99. The highest BCUT2D eigenvalue weighted by atomic mass is 16.5. The van der Waals surface area contributed by atoms with Gasteiger partial charge in [0.2, 0.25) is 0 Å². The quantitative estimate of drug-likeness (QED) is 0.217. The first kappa shape index (κ1) is 26.7. The average molecular weight is 483 g/mol. The Hall–Kier alpha value is -1.38. The van der Waals surface area contributed by atoms with Gasteiger partial charge in [-0.2, -0.15) is 0 Å². The Labute approximate surface area is 214 Å². The van der Waals surface area contributed by atoms with E-state index in [1.54, 1.807) is 11.1 Å². The molecule has 0 aromatic rings. The van der Waals surface area contributed by atoms with Crippen molar-refractivity contribution in [1.29, 1.82) is 0 Å². The van der Waals surface area contributed by atoms with Gasteiger partial charge >= 0.3 is 5.97 Å². The van der Waals surface area contributed by atoms with Gasteiger partial charge in [0.25, 0.3) is 0 Å². The number of hydrogen-bond acceptors (Lipinski definition) is 3. The van der Waals surface area contributed by atoms with Crippen LogP contribution in [0.3, 0.4) is 0 Å². The second-order valence-electron chi connectivity index (χ2n) is 13.7. The molecule has 0 bridgehead atoms. The number of esters is 1. The lowest BCUT2D eigenvalue weighted by Gasteiger charge is -2.61. The van der Waals surface area contributed by atoms with Crippen molar-refractivity contribution < 1.29 is 14.3 Å². The third-order valence-electron chi connectivity index (χ3n) is 11.9. The zero-order valence-corrected chi connectivity index (χ0v) is 23.8. The van der Waals surface area contributed by atoms with E-state index in [1.807, 2.05) is 13.8 Å². The third kappa shape index (κ3) is 3.98. The molecule has 2 fully saturated rings. The first-order valence-electron chi connectivity index (χ1n) is 14.4. The van der Waals surface area contributed by atoms with Crippen molar-refractivity contribution in [2.24, 2.45) is 39.4 Å². The van der Waals surface area contributed by atoms with Crippen LogP contribution in [-0.2, 0) is 14.3 Å². The van der Waals surface area contributed by atoms with Crippen molar-refractivity contribution in [2.75, 3.05) is 6.61 Å². The number of carbonyl (C=O) groups excluding carboxylic acids is 2. The highest BCUT2D eigenvalue weighted by molar-refractivity contribution is 5.87.